The minimum absolute atomic E-state index is 0. The van der Waals surface area contributed by atoms with Gasteiger partial charge in [-0.15, -0.1) is 11.3 Å². The maximum atomic E-state index is 13.5. The van der Waals surface area contributed by atoms with E-state index in [9.17, 15) is 14.9 Å². The number of rotatable bonds is 5. The SMILES string of the molecule is Cc1cc(Oc2ccccc2)ccc1N1C(=O)Nc2c(C(=O)N[C@H]3CCCN(C#N)C3)sc3nccc1c23.S. The van der Waals surface area contributed by atoms with Gasteiger partial charge in [-0.05, 0) is 61.7 Å². The zero-order chi connectivity index (χ0) is 26.2. The highest BCUT2D eigenvalue weighted by atomic mass is 32.1. The molecule has 0 saturated carbocycles. The molecule has 11 heteroatoms. The molecule has 0 bridgehead atoms. The number of aryl methyl sites for hydroxylation is 1. The van der Waals surface area contributed by atoms with E-state index in [0.29, 0.717) is 45.6 Å². The molecule has 4 aromatic rings. The highest BCUT2D eigenvalue weighted by Gasteiger charge is 2.34. The summed E-state index contributed by atoms with van der Waals surface area (Å²) in [6.45, 7) is 3.11. The number of nitrogens with zero attached hydrogens (tertiary/aromatic N) is 4. The fourth-order valence-electron chi connectivity index (χ4n) is 4.99. The van der Waals surface area contributed by atoms with Crippen molar-refractivity contribution in [2.45, 2.75) is 25.8 Å². The second-order valence-corrected chi connectivity index (χ2v) is 10.3. The molecule has 198 valence electrons. The Hall–Kier alpha value is -4.27. The lowest BCUT2D eigenvalue weighted by molar-refractivity contribution is 0.0923. The Morgan fingerprint density at radius 1 is 1.18 bits per heavy atom. The van der Waals surface area contributed by atoms with Crippen molar-refractivity contribution in [2.75, 3.05) is 23.3 Å². The molecule has 2 aliphatic rings. The van der Waals surface area contributed by atoms with Gasteiger partial charge in [-0.25, -0.2) is 9.78 Å². The lowest BCUT2D eigenvalue weighted by Crippen LogP contribution is -2.46. The molecule has 1 saturated heterocycles. The molecule has 6 rings (SSSR count). The van der Waals surface area contributed by atoms with Gasteiger partial charge in [0.15, 0.2) is 6.19 Å². The summed E-state index contributed by atoms with van der Waals surface area (Å²) in [7, 11) is 0. The summed E-state index contributed by atoms with van der Waals surface area (Å²) in [5, 5.41) is 15.9. The number of carbonyl (C=O) groups excluding carboxylic acids is 2. The average molecular weight is 559 g/mol. The zero-order valence-corrected chi connectivity index (χ0v) is 22.9. The van der Waals surface area contributed by atoms with E-state index in [1.54, 1.807) is 22.1 Å². The largest absolute Gasteiger partial charge is 0.457 e. The zero-order valence-electron chi connectivity index (χ0n) is 21.1. The standard InChI is InChI=1S/C28H24N6O3S.H2S/c1-17-14-20(37-19-7-3-2-4-8-19)9-10-21(17)34-22-11-12-30-27-23(22)24(32-28(34)36)25(38-27)26(35)31-18-6-5-13-33(15-18)16-29;/h2-4,7-12,14,18H,5-6,13,15H2,1H3,(H,31,35)(H,32,36);1H2/t18-;/m0./s1. The lowest BCUT2D eigenvalue weighted by atomic mass is 10.1. The van der Waals surface area contributed by atoms with Crippen LogP contribution in [0.3, 0.4) is 0 Å². The van der Waals surface area contributed by atoms with Gasteiger partial charge in [0.25, 0.3) is 5.91 Å². The number of pyridine rings is 1. The maximum Gasteiger partial charge on any atom is 0.331 e. The van der Waals surface area contributed by atoms with Crippen molar-refractivity contribution in [1.82, 2.24) is 15.2 Å². The van der Waals surface area contributed by atoms with E-state index in [1.807, 2.05) is 55.5 Å². The van der Waals surface area contributed by atoms with Crippen molar-refractivity contribution in [3.05, 3.63) is 71.2 Å². The van der Waals surface area contributed by atoms with Crippen molar-refractivity contribution in [1.29, 1.82) is 5.26 Å². The van der Waals surface area contributed by atoms with Crippen molar-refractivity contribution in [3.63, 3.8) is 0 Å². The van der Waals surface area contributed by atoms with Crippen LogP contribution in [0.5, 0.6) is 11.5 Å². The van der Waals surface area contributed by atoms with Gasteiger partial charge in [-0.2, -0.15) is 18.8 Å². The van der Waals surface area contributed by atoms with E-state index >= 15 is 0 Å². The summed E-state index contributed by atoms with van der Waals surface area (Å²) in [6, 6.07) is 16.4. The van der Waals surface area contributed by atoms with Crippen LogP contribution < -0.4 is 20.3 Å². The molecule has 2 aromatic carbocycles. The number of urea groups is 1. The number of nitriles is 1. The van der Waals surface area contributed by atoms with E-state index in [4.69, 9.17) is 4.74 Å². The minimum Gasteiger partial charge on any atom is -0.457 e. The van der Waals surface area contributed by atoms with Crippen LogP contribution in [0.25, 0.3) is 10.2 Å². The highest BCUT2D eigenvalue weighted by molar-refractivity contribution is 7.59. The summed E-state index contributed by atoms with van der Waals surface area (Å²) >= 11 is 1.25. The molecule has 0 unspecified atom stereocenters. The Balaban J connectivity index is 0.00000308. The number of nitrogens with one attached hydrogen (secondary N) is 2. The van der Waals surface area contributed by atoms with Gasteiger partial charge in [0.05, 0.1) is 22.4 Å². The fraction of sp³-hybridized carbons (Fsp3) is 0.214. The quantitative estimate of drug-likeness (QED) is 0.297. The number of likely N-dealkylation sites (tertiary alicyclic amines) is 1. The summed E-state index contributed by atoms with van der Waals surface area (Å²) < 4.78 is 5.96. The first-order valence-corrected chi connectivity index (χ1v) is 13.1. The van der Waals surface area contributed by atoms with Crippen molar-refractivity contribution >= 4 is 64.0 Å². The molecule has 0 spiro atoms. The van der Waals surface area contributed by atoms with Gasteiger partial charge in [0.1, 0.15) is 21.2 Å². The van der Waals surface area contributed by atoms with Gasteiger partial charge in [-0.1, -0.05) is 18.2 Å². The fourth-order valence-corrected chi connectivity index (χ4v) is 6.01. The number of piperidine rings is 1. The average Bonchev–Trinajstić information content (AvgIpc) is 3.30. The van der Waals surface area contributed by atoms with Crippen LogP contribution in [0.15, 0.2) is 60.8 Å². The van der Waals surface area contributed by atoms with Gasteiger partial charge < -0.3 is 20.3 Å². The van der Waals surface area contributed by atoms with E-state index < -0.39 is 0 Å². The number of hydrogen-bond acceptors (Lipinski definition) is 7. The molecule has 0 aliphatic carbocycles. The van der Waals surface area contributed by atoms with Crippen LogP contribution in [0.2, 0.25) is 0 Å². The normalized spacial score (nSPS) is 16.2. The van der Waals surface area contributed by atoms with E-state index in [2.05, 4.69) is 21.8 Å². The first-order valence-electron chi connectivity index (χ1n) is 12.3. The van der Waals surface area contributed by atoms with Crippen LogP contribution in [0.4, 0.5) is 21.9 Å². The van der Waals surface area contributed by atoms with Gasteiger partial charge in [0.2, 0.25) is 0 Å². The molecule has 4 heterocycles. The van der Waals surface area contributed by atoms with Crippen LogP contribution >= 0.6 is 24.8 Å². The van der Waals surface area contributed by atoms with Crippen LogP contribution in [-0.4, -0.2) is 41.0 Å². The maximum absolute atomic E-state index is 13.5. The monoisotopic (exact) mass is 558 g/mol. The number of para-hydroxylation sites is 1. The molecule has 39 heavy (non-hydrogen) atoms. The summed E-state index contributed by atoms with van der Waals surface area (Å²) in [5.41, 5.74) is 2.70. The number of amides is 3. The van der Waals surface area contributed by atoms with Crippen molar-refractivity contribution in [2.24, 2.45) is 0 Å². The van der Waals surface area contributed by atoms with Crippen LogP contribution in [0.1, 0.15) is 28.1 Å². The molecule has 0 radical (unpaired) electrons. The predicted octanol–water partition coefficient (Wildman–Crippen LogP) is 5.87. The smallest absolute Gasteiger partial charge is 0.331 e. The third kappa shape index (κ3) is 4.96. The first kappa shape index (κ1) is 26.3. The number of ether oxygens (including phenoxy) is 1. The van der Waals surface area contributed by atoms with Gasteiger partial charge >= 0.3 is 6.03 Å². The molecule has 2 aliphatic heterocycles. The second kappa shape index (κ2) is 10.8. The number of aromatic nitrogens is 1. The molecular formula is C28H26N6O3S2. The summed E-state index contributed by atoms with van der Waals surface area (Å²) in [6.07, 6.45) is 5.45. The molecule has 3 amide bonds. The number of hydrogen-bond donors (Lipinski definition) is 2. The Bertz CT molecular complexity index is 1600. The highest BCUT2D eigenvalue weighted by Crippen LogP contribution is 2.46. The Labute approximate surface area is 236 Å². The van der Waals surface area contributed by atoms with E-state index in [-0.39, 0.29) is 31.5 Å². The van der Waals surface area contributed by atoms with Gasteiger partial charge in [-0.3, -0.25) is 9.69 Å². The molecule has 1 fully saturated rings. The van der Waals surface area contributed by atoms with Crippen molar-refractivity contribution in [3.8, 4) is 17.7 Å². The molecular weight excluding hydrogens is 532 g/mol. The van der Waals surface area contributed by atoms with Crippen LogP contribution in [-0.2, 0) is 0 Å². The third-order valence-electron chi connectivity index (χ3n) is 6.74. The third-order valence-corrected chi connectivity index (χ3v) is 7.83. The lowest BCUT2D eigenvalue weighted by Gasteiger charge is -2.30. The Morgan fingerprint density at radius 2 is 2.00 bits per heavy atom. The summed E-state index contributed by atoms with van der Waals surface area (Å²) in [4.78, 5) is 35.6. The van der Waals surface area contributed by atoms with Gasteiger partial charge in [0, 0.05) is 25.3 Å². The second-order valence-electron chi connectivity index (χ2n) is 9.30. The number of thiophene rings is 1. The van der Waals surface area contributed by atoms with E-state index in [0.717, 1.165) is 29.5 Å². The molecule has 2 N–H and O–H groups in total. The Morgan fingerprint density at radius 3 is 2.77 bits per heavy atom. The predicted molar refractivity (Wildman–Crippen MR) is 157 cm³/mol. The topological polar surface area (TPSA) is 111 Å². The first-order chi connectivity index (χ1) is 18.5. The number of carbonyl (C=O) groups is 2. The number of anilines is 3. The minimum atomic E-state index is -0.356. The summed E-state index contributed by atoms with van der Waals surface area (Å²) in [5.74, 6) is 1.13. The molecule has 2 aromatic heterocycles. The van der Waals surface area contributed by atoms with E-state index in [1.165, 1.54) is 11.3 Å². The van der Waals surface area contributed by atoms with Crippen molar-refractivity contribution < 1.29 is 14.3 Å². The molecule has 9 nitrogen and oxygen atoms in total. The molecule has 1 atom stereocenters. The number of benzene rings is 2. The Kier molecular flexibility index (Phi) is 7.32. The van der Waals surface area contributed by atoms with Crippen LogP contribution in [0, 0.1) is 18.4 Å².